The molecule has 0 atom stereocenters. The average Bonchev–Trinajstić information content (AvgIpc) is 3.14. The summed E-state index contributed by atoms with van der Waals surface area (Å²) in [5, 5.41) is 0. The van der Waals surface area contributed by atoms with Crippen LogP contribution in [0.25, 0.3) is 10.2 Å². The summed E-state index contributed by atoms with van der Waals surface area (Å²) in [7, 11) is 1.56. The van der Waals surface area contributed by atoms with Crippen molar-refractivity contribution in [1.82, 2.24) is 4.57 Å². The molecule has 170 valence electrons. The van der Waals surface area contributed by atoms with Gasteiger partial charge in [-0.25, -0.2) is 0 Å². The summed E-state index contributed by atoms with van der Waals surface area (Å²) in [4.78, 5) is 29.8. The van der Waals surface area contributed by atoms with E-state index in [1.165, 1.54) is 11.3 Å². The third-order valence-electron chi connectivity index (χ3n) is 4.79. The molecule has 0 aliphatic heterocycles. The van der Waals surface area contributed by atoms with Crippen LogP contribution in [0.5, 0.6) is 11.5 Å². The third kappa shape index (κ3) is 5.76. The Morgan fingerprint density at radius 3 is 2.53 bits per heavy atom. The SMILES string of the molecule is CCCCCOc1ccc(C(=O)N=c2sc3cccc(OC)c3n2CC(=O)OCC)cc1. The van der Waals surface area contributed by atoms with Crippen LogP contribution >= 0.6 is 11.3 Å². The van der Waals surface area contributed by atoms with E-state index in [1.807, 2.05) is 18.2 Å². The first-order valence-electron chi connectivity index (χ1n) is 10.7. The highest BCUT2D eigenvalue weighted by molar-refractivity contribution is 7.16. The predicted molar refractivity (Wildman–Crippen MR) is 124 cm³/mol. The van der Waals surface area contributed by atoms with Crippen molar-refractivity contribution in [3.63, 3.8) is 0 Å². The van der Waals surface area contributed by atoms with Crippen molar-refractivity contribution >= 4 is 33.4 Å². The van der Waals surface area contributed by atoms with Gasteiger partial charge in [0.25, 0.3) is 5.91 Å². The Kier molecular flexibility index (Phi) is 8.44. The zero-order chi connectivity index (χ0) is 22.9. The Morgan fingerprint density at radius 1 is 1.06 bits per heavy atom. The van der Waals surface area contributed by atoms with Crippen LogP contribution in [0, 0.1) is 0 Å². The minimum Gasteiger partial charge on any atom is -0.495 e. The number of esters is 1. The largest absolute Gasteiger partial charge is 0.495 e. The number of para-hydroxylation sites is 1. The van der Waals surface area contributed by atoms with Crippen LogP contribution in [0.15, 0.2) is 47.5 Å². The van der Waals surface area contributed by atoms with E-state index in [9.17, 15) is 9.59 Å². The van der Waals surface area contributed by atoms with E-state index in [2.05, 4.69) is 11.9 Å². The number of unbranched alkanes of at least 4 members (excludes halogenated alkanes) is 2. The number of aromatic nitrogens is 1. The zero-order valence-electron chi connectivity index (χ0n) is 18.6. The summed E-state index contributed by atoms with van der Waals surface area (Å²) in [5.74, 6) is 0.519. The number of thiazole rings is 1. The molecular weight excluding hydrogens is 428 g/mol. The number of hydrogen-bond acceptors (Lipinski definition) is 6. The van der Waals surface area contributed by atoms with E-state index in [-0.39, 0.29) is 13.2 Å². The Hall–Kier alpha value is -3.13. The summed E-state index contributed by atoms with van der Waals surface area (Å²) in [6.45, 7) is 4.76. The lowest BCUT2D eigenvalue weighted by Crippen LogP contribution is -2.23. The number of methoxy groups -OCH3 is 1. The van der Waals surface area contributed by atoms with E-state index in [0.29, 0.717) is 28.2 Å². The fourth-order valence-electron chi connectivity index (χ4n) is 3.22. The van der Waals surface area contributed by atoms with Crippen LogP contribution in [-0.4, -0.2) is 36.8 Å². The number of benzene rings is 2. The van der Waals surface area contributed by atoms with Crippen LogP contribution < -0.4 is 14.3 Å². The van der Waals surface area contributed by atoms with Gasteiger partial charge in [0.2, 0.25) is 0 Å². The lowest BCUT2D eigenvalue weighted by molar-refractivity contribution is -0.143. The molecule has 3 rings (SSSR count). The van der Waals surface area contributed by atoms with Gasteiger partial charge < -0.3 is 18.8 Å². The molecule has 0 saturated carbocycles. The fourth-order valence-corrected chi connectivity index (χ4v) is 4.26. The molecule has 0 spiro atoms. The molecule has 0 radical (unpaired) electrons. The molecule has 0 N–H and O–H groups in total. The standard InChI is InChI=1S/C24H28N2O5S/c1-4-6-7-15-31-18-13-11-17(12-14-18)23(28)25-24-26(16-21(27)30-5-2)22-19(29-3)9-8-10-20(22)32-24/h8-14H,4-7,15-16H2,1-3H3. The first kappa shape index (κ1) is 23.5. The molecule has 8 heteroatoms. The van der Waals surface area contributed by atoms with E-state index in [1.54, 1.807) is 42.9 Å². The molecule has 0 aliphatic rings. The van der Waals surface area contributed by atoms with Gasteiger partial charge in [0.1, 0.15) is 23.6 Å². The van der Waals surface area contributed by atoms with Gasteiger partial charge in [0.15, 0.2) is 4.80 Å². The Balaban J connectivity index is 1.91. The fraction of sp³-hybridized carbons (Fsp3) is 0.375. The Labute approximate surface area is 191 Å². The number of fused-ring (bicyclic) bond motifs is 1. The molecule has 1 amide bonds. The van der Waals surface area contributed by atoms with Gasteiger partial charge in [0, 0.05) is 5.56 Å². The predicted octanol–water partition coefficient (Wildman–Crippen LogP) is 4.58. The van der Waals surface area contributed by atoms with Crippen LogP contribution in [0.3, 0.4) is 0 Å². The zero-order valence-corrected chi connectivity index (χ0v) is 19.4. The normalized spacial score (nSPS) is 11.5. The summed E-state index contributed by atoms with van der Waals surface area (Å²) in [5.41, 5.74) is 1.15. The second-order valence-electron chi connectivity index (χ2n) is 7.08. The van der Waals surface area contributed by atoms with Crippen LogP contribution in [0.2, 0.25) is 0 Å². The molecule has 7 nitrogen and oxygen atoms in total. The molecule has 0 bridgehead atoms. The Bertz CT molecular complexity index is 1130. The van der Waals surface area contributed by atoms with Gasteiger partial charge in [-0.1, -0.05) is 37.2 Å². The van der Waals surface area contributed by atoms with E-state index in [0.717, 1.165) is 29.7 Å². The minimum atomic E-state index is -0.406. The van der Waals surface area contributed by atoms with E-state index < -0.39 is 11.9 Å². The van der Waals surface area contributed by atoms with Crippen molar-refractivity contribution in [2.24, 2.45) is 4.99 Å². The summed E-state index contributed by atoms with van der Waals surface area (Å²) < 4.78 is 18.8. The quantitative estimate of drug-likeness (QED) is 0.329. The van der Waals surface area contributed by atoms with Crippen LogP contribution in [0.1, 0.15) is 43.5 Å². The van der Waals surface area contributed by atoms with Crippen molar-refractivity contribution < 1.29 is 23.8 Å². The highest BCUT2D eigenvalue weighted by Crippen LogP contribution is 2.27. The number of amides is 1. The maximum Gasteiger partial charge on any atom is 0.326 e. The highest BCUT2D eigenvalue weighted by atomic mass is 32.1. The number of rotatable bonds is 10. The van der Waals surface area contributed by atoms with E-state index in [4.69, 9.17) is 14.2 Å². The minimum absolute atomic E-state index is 0.0646. The summed E-state index contributed by atoms with van der Waals surface area (Å²) >= 11 is 1.32. The number of carbonyl (C=O) groups excluding carboxylic acids is 2. The van der Waals surface area contributed by atoms with Gasteiger partial charge in [-0.05, 0) is 49.7 Å². The molecule has 0 fully saturated rings. The molecule has 2 aromatic carbocycles. The van der Waals surface area contributed by atoms with Crippen molar-refractivity contribution in [2.75, 3.05) is 20.3 Å². The summed E-state index contributed by atoms with van der Waals surface area (Å²) in [6.07, 6.45) is 3.27. The van der Waals surface area contributed by atoms with Crippen molar-refractivity contribution in [3.8, 4) is 11.5 Å². The van der Waals surface area contributed by atoms with Gasteiger partial charge in [-0.3, -0.25) is 9.59 Å². The second kappa shape index (κ2) is 11.5. The molecule has 0 unspecified atom stereocenters. The lowest BCUT2D eigenvalue weighted by atomic mass is 10.2. The molecule has 0 aliphatic carbocycles. The van der Waals surface area contributed by atoms with Gasteiger partial charge in [0.05, 0.1) is 25.0 Å². The smallest absolute Gasteiger partial charge is 0.326 e. The van der Waals surface area contributed by atoms with Crippen molar-refractivity contribution in [2.45, 2.75) is 39.7 Å². The van der Waals surface area contributed by atoms with Crippen molar-refractivity contribution in [3.05, 3.63) is 52.8 Å². The molecular formula is C24H28N2O5S. The van der Waals surface area contributed by atoms with Crippen LogP contribution in [0.4, 0.5) is 0 Å². The van der Waals surface area contributed by atoms with E-state index >= 15 is 0 Å². The molecule has 1 heterocycles. The topological polar surface area (TPSA) is 79.1 Å². The first-order valence-corrected chi connectivity index (χ1v) is 11.5. The molecule has 0 saturated heterocycles. The van der Waals surface area contributed by atoms with Gasteiger partial charge in [-0.15, -0.1) is 0 Å². The monoisotopic (exact) mass is 456 g/mol. The molecule has 3 aromatic rings. The molecule has 32 heavy (non-hydrogen) atoms. The average molecular weight is 457 g/mol. The maximum absolute atomic E-state index is 12.9. The van der Waals surface area contributed by atoms with Gasteiger partial charge >= 0.3 is 5.97 Å². The Morgan fingerprint density at radius 2 is 1.84 bits per heavy atom. The second-order valence-corrected chi connectivity index (χ2v) is 8.09. The number of nitrogens with zero attached hydrogens (tertiary/aromatic N) is 2. The number of carbonyl (C=O) groups is 2. The third-order valence-corrected chi connectivity index (χ3v) is 5.84. The first-order chi connectivity index (χ1) is 15.6. The summed E-state index contributed by atoms with van der Waals surface area (Å²) in [6, 6.07) is 12.5. The van der Waals surface area contributed by atoms with Gasteiger partial charge in [-0.2, -0.15) is 4.99 Å². The number of hydrogen-bond donors (Lipinski definition) is 0. The highest BCUT2D eigenvalue weighted by Gasteiger charge is 2.16. The maximum atomic E-state index is 12.9. The van der Waals surface area contributed by atoms with Crippen LogP contribution in [-0.2, 0) is 16.1 Å². The van der Waals surface area contributed by atoms with Crippen molar-refractivity contribution in [1.29, 1.82) is 0 Å². The number of ether oxygens (including phenoxy) is 3. The molecule has 1 aromatic heterocycles. The lowest BCUT2D eigenvalue weighted by Gasteiger charge is -2.08.